The van der Waals surface area contributed by atoms with Gasteiger partial charge >= 0.3 is 0 Å². The predicted octanol–water partition coefficient (Wildman–Crippen LogP) is 0.541. The van der Waals surface area contributed by atoms with Gasteiger partial charge in [0.05, 0.1) is 5.92 Å². The van der Waals surface area contributed by atoms with Crippen molar-refractivity contribution in [3.63, 3.8) is 0 Å². The van der Waals surface area contributed by atoms with Crippen LogP contribution in [0.3, 0.4) is 0 Å². The van der Waals surface area contributed by atoms with Crippen molar-refractivity contribution in [1.82, 2.24) is 4.57 Å². The molecule has 1 unspecified atom stereocenters. The van der Waals surface area contributed by atoms with E-state index in [1.807, 2.05) is 29.1 Å². The van der Waals surface area contributed by atoms with E-state index >= 15 is 0 Å². The Hall–Kier alpha value is -1.51. The van der Waals surface area contributed by atoms with Gasteiger partial charge in [0.25, 0.3) is 0 Å². The molecule has 3 nitrogen and oxygen atoms in total. The molecule has 0 spiro atoms. The van der Waals surface area contributed by atoms with Gasteiger partial charge in [-0.05, 0) is 18.2 Å². The van der Waals surface area contributed by atoms with E-state index in [2.05, 4.69) is 0 Å². The lowest BCUT2D eigenvalue weighted by Gasteiger charge is -2.01. The zero-order chi connectivity index (χ0) is 7.84. The number of nitrogens with two attached hydrogens (primary N) is 1. The molecule has 0 aromatic carbocycles. The van der Waals surface area contributed by atoms with E-state index in [4.69, 9.17) is 5.73 Å². The van der Waals surface area contributed by atoms with E-state index < -0.39 is 0 Å². The van der Waals surface area contributed by atoms with Gasteiger partial charge in [-0.1, -0.05) is 0 Å². The van der Waals surface area contributed by atoms with Crippen molar-refractivity contribution in [2.75, 3.05) is 0 Å². The second kappa shape index (κ2) is 1.99. The van der Waals surface area contributed by atoms with Crippen molar-refractivity contribution in [1.29, 1.82) is 0 Å². The maximum Gasteiger partial charge on any atom is 0.230 e. The molecule has 0 aliphatic carbocycles. The highest BCUT2D eigenvalue weighted by molar-refractivity contribution is 5.85. The summed E-state index contributed by atoms with van der Waals surface area (Å²) < 4.78 is 1.90. The summed E-state index contributed by atoms with van der Waals surface area (Å²) in [5, 5.41) is 0. The van der Waals surface area contributed by atoms with Gasteiger partial charge < -0.3 is 10.3 Å². The molecule has 1 aromatic heterocycles. The summed E-state index contributed by atoms with van der Waals surface area (Å²) in [6, 6.07) is 3.80. The summed E-state index contributed by atoms with van der Waals surface area (Å²) in [7, 11) is 0. The molecular weight excluding hydrogens is 140 g/mol. The Kier molecular flexibility index (Phi) is 1.12. The van der Waals surface area contributed by atoms with Crippen LogP contribution >= 0.6 is 0 Å². The number of primary amides is 1. The Morgan fingerprint density at radius 1 is 1.64 bits per heavy atom. The minimum atomic E-state index is -0.293. The van der Waals surface area contributed by atoms with Crippen LogP contribution in [0.1, 0.15) is 11.6 Å². The van der Waals surface area contributed by atoms with Crippen molar-refractivity contribution >= 4 is 12.1 Å². The Bertz CT molecular complexity index is 325. The summed E-state index contributed by atoms with van der Waals surface area (Å²) in [4.78, 5) is 10.8. The number of aromatic nitrogens is 1. The third kappa shape index (κ3) is 0.774. The van der Waals surface area contributed by atoms with Gasteiger partial charge in [-0.3, -0.25) is 4.79 Å². The third-order valence-electron chi connectivity index (χ3n) is 1.88. The Balaban J connectivity index is 2.46. The molecule has 2 rings (SSSR count). The van der Waals surface area contributed by atoms with E-state index in [1.54, 1.807) is 6.08 Å². The monoisotopic (exact) mass is 148 g/mol. The molecule has 1 atom stereocenters. The van der Waals surface area contributed by atoms with E-state index in [0.29, 0.717) is 0 Å². The van der Waals surface area contributed by atoms with Crippen LogP contribution in [0.2, 0.25) is 0 Å². The molecule has 3 heteroatoms. The number of carbonyl (C=O) groups excluding carboxylic acids is 1. The van der Waals surface area contributed by atoms with Gasteiger partial charge in [-0.2, -0.15) is 0 Å². The predicted molar refractivity (Wildman–Crippen MR) is 41.7 cm³/mol. The molecular formula is C8H8N2O. The molecule has 1 aliphatic rings. The van der Waals surface area contributed by atoms with Gasteiger partial charge in [0.1, 0.15) is 0 Å². The van der Waals surface area contributed by atoms with Crippen molar-refractivity contribution in [3.05, 3.63) is 30.1 Å². The first-order valence-electron chi connectivity index (χ1n) is 3.43. The molecule has 0 bridgehead atoms. The topological polar surface area (TPSA) is 48.0 Å². The zero-order valence-electron chi connectivity index (χ0n) is 5.90. The highest BCUT2D eigenvalue weighted by atomic mass is 16.1. The van der Waals surface area contributed by atoms with E-state index in [0.717, 1.165) is 5.69 Å². The highest BCUT2D eigenvalue weighted by Gasteiger charge is 2.21. The van der Waals surface area contributed by atoms with Crippen LogP contribution in [-0.4, -0.2) is 10.5 Å². The Labute approximate surface area is 64.1 Å². The van der Waals surface area contributed by atoms with Crippen molar-refractivity contribution in [2.24, 2.45) is 5.73 Å². The first kappa shape index (κ1) is 6.22. The van der Waals surface area contributed by atoms with Gasteiger partial charge in [0.15, 0.2) is 0 Å². The molecule has 2 N–H and O–H groups in total. The van der Waals surface area contributed by atoms with Crippen LogP contribution in [0.15, 0.2) is 24.4 Å². The van der Waals surface area contributed by atoms with Crippen LogP contribution in [0.4, 0.5) is 0 Å². The summed E-state index contributed by atoms with van der Waals surface area (Å²) in [5.41, 5.74) is 6.12. The van der Waals surface area contributed by atoms with Gasteiger partial charge in [0, 0.05) is 18.1 Å². The molecule has 0 fully saturated rings. The highest BCUT2D eigenvalue weighted by Crippen LogP contribution is 2.23. The zero-order valence-corrected chi connectivity index (χ0v) is 5.90. The first-order valence-corrected chi connectivity index (χ1v) is 3.43. The molecule has 0 saturated carbocycles. The number of rotatable bonds is 1. The lowest BCUT2D eigenvalue weighted by molar-refractivity contribution is -0.118. The summed E-state index contributed by atoms with van der Waals surface area (Å²) in [6.45, 7) is 0. The SMILES string of the molecule is NC(=O)C1C=Cn2cccc21. The standard InChI is InChI=1S/C8H8N2O/c9-8(11)6-3-5-10-4-1-2-7(6)10/h1-6H,(H2,9,11). The second-order valence-electron chi connectivity index (χ2n) is 2.56. The molecule has 0 saturated heterocycles. The first-order chi connectivity index (χ1) is 5.29. The van der Waals surface area contributed by atoms with Crippen molar-refractivity contribution < 1.29 is 4.79 Å². The molecule has 1 aromatic rings. The van der Waals surface area contributed by atoms with Crippen LogP contribution in [0.25, 0.3) is 6.20 Å². The number of fused-ring (bicyclic) bond motifs is 1. The van der Waals surface area contributed by atoms with Crippen LogP contribution in [-0.2, 0) is 4.79 Å². The fraction of sp³-hybridized carbons (Fsp3) is 0.125. The molecule has 0 radical (unpaired) electrons. The average molecular weight is 148 g/mol. The maximum atomic E-state index is 10.8. The third-order valence-corrected chi connectivity index (χ3v) is 1.88. The number of carbonyl (C=O) groups is 1. The number of nitrogens with zero attached hydrogens (tertiary/aromatic N) is 1. The Morgan fingerprint density at radius 3 is 3.18 bits per heavy atom. The van der Waals surface area contributed by atoms with E-state index in [-0.39, 0.29) is 11.8 Å². The van der Waals surface area contributed by atoms with Gasteiger partial charge in [-0.15, -0.1) is 0 Å². The molecule has 1 aliphatic heterocycles. The maximum absolute atomic E-state index is 10.8. The lowest BCUT2D eigenvalue weighted by Crippen LogP contribution is -2.18. The minimum Gasteiger partial charge on any atom is -0.369 e. The number of amides is 1. The molecule has 2 heterocycles. The second-order valence-corrected chi connectivity index (χ2v) is 2.56. The van der Waals surface area contributed by atoms with Gasteiger partial charge in [-0.25, -0.2) is 0 Å². The van der Waals surface area contributed by atoms with Gasteiger partial charge in [0.2, 0.25) is 5.91 Å². The normalized spacial score (nSPS) is 20.2. The van der Waals surface area contributed by atoms with Crippen molar-refractivity contribution in [2.45, 2.75) is 5.92 Å². The average Bonchev–Trinajstić information content (AvgIpc) is 2.41. The Morgan fingerprint density at radius 2 is 2.45 bits per heavy atom. The van der Waals surface area contributed by atoms with Crippen LogP contribution in [0, 0.1) is 0 Å². The number of hydrogen-bond donors (Lipinski definition) is 1. The fourth-order valence-corrected chi connectivity index (χ4v) is 1.32. The summed E-state index contributed by atoms with van der Waals surface area (Å²) >= 11 is 0. The fourth-order valence-electron chi connectivity index (χ4n) is 1.32. The van der Waals surface area contributed by atoms with Crippen molar-refractivity contribution in [3.8, 4) is 0 Å². The molecule has 56 valence electrons. The van der Waals surface area contributed by atoms with E-state index in [1.165, 1.54) is 0 Å². The largest absolute Gasteiger partial charge is 0.369 e. The van der Waals surface area contributed by atoms with Crippen LogP contribution in [0.5, 0.6) is 0 Å². The smallest absolute Gasteiger partial charge is 0.230 e. The quantitative estimate of drug-likeness (QED) is 0.620. The number of hydrogen-bond acceptors (Lipinski definition) is 1. The summed E-state index contributed by atoms with van der Waals surface area (Å²) in [5.74, 6) is -0.524. The van der Waals surface area contributed by atoms with E-state index in [9.17, 15) is 4.79 Å². The lowest BCUT2D eigenvalue weighted by atomic mass is 10.1. The van der Waals surface area contributed by atoms with Crippen LogP contribution < -0.4 is 5.73 Å². The minimum absolute atomic E-state index is 0.231. The molecule has 11 heavy (non-hydrogen) atoms. The summed E-state index contributed by atoms with van der Waals surface area (Å²) in [6.07, 6.45) is 5.55. The molecule has 1 amide bonds.